The van der Waals surface area contributed by atoms with E-state index in [0.29, 0.717) is 45.7 Å². The molecule has 0 radical (unpaired) electrons. The van der Waals surface area contributed by atoms with Crippen LogP contribution in [0.15, 0.2) is 79.4 Å². The number of amides is 1. The van der Waals surface area contributed by atoms with Gasteiger partial charge in [-0.1, -0.05) is 35.9 Å². The molecule has 13 heteroatoms. The van der Waals surface area contributed by atoms with Crippen LogP contribution in [0, 0.1) is 0 Å². The summed E-state index contributed by atoms with van der Waals surface area (Å²) in [6.07, 6.45) is 5.36. The molecular formula is C37H38ClN7O5. The zero-order valence-electron chi connectivity index (χ0n) is 28.7. The number of hydrogen-bond donors (Lipinski definition) is 1. The molecule has 0 unspecified atom stereocenters. The van der Waals surface area contributed by atoms with Gasteiger partial charge in [0.15, 0.2) is 11.6 Å². The average molecular weight is 696 g/mol. The quantitative estimate of drug-likeness (QED) is 0.176. The highest BCUT2D eigenvalue weighted by atomic mass is 35.5. The van der Waals surface area contributed by atoms with Crippen molar-refractivity contribution in [3.63, 3.8) is 0 Å². The number of anilines is 3. The molecule has 0 bridgehead atoms. The number of aromatic nitrogens is 5. The zero-order chi connectivity index (χ0) is 35.6. The second-order valence-corrected chi connectivity index (χ2v) is 14.2. The van der Waals surface area contributed by atoms with Crippen molar-refractivity contribution in [2.24, 2.45) is 0 Å². The Labute approximate surface area is 295 Å². The minimum absolute atomic E-state index is 0.238. The van der Waals surface area contributed by atoms with Crippen LogP contribution in [0.1, 0.15) is 58.4 Å². The first-order valence-corrected chi connectivity index (χ1v) is 16.4. The van der Waals surface area contributed by atoms with Crippen molar-refractivity contribution in [1.82, 2.24) is 24.7 Å². The Morgan fingerprint density at radius 1 is 0.900 bits per heavy atom. The fourth-order valence-electron chi connectivity index (χ4n) is 5.18. The average Bonchev–Trinajstić information content (AvgIpc) is 3.74. The van der Waals surface area contributed by atoms with Crippen LogP contribution >= 0.6 is 11.6 Å². The molecule has 6 rings (SSSR count). The Balaban J connectivity index is 1.34. The Kier molecular flexibility index (Phi) is 9.59. The summed E-state index contributed by atoms with van der Waals surface area (Å²) in [7, 11) is 0. The fourth-order valence-corrected chi connectivity index (χ4v) is 5.37. The van der Waals surface area contributed by atoms with Gasteiger partial charge in [0.1, 0.15) is 11.2 Å². The smallest absolute Gasteiger partial charge is 0.435 e. The predicted octanol–water partition coefficient (Wildman–Crippen LogP) is 8.55. The van der Waals surface area contributed by atoms with E-state index in [4.69, 9.17) is 35.8 Å². The molecule has 0 aliphatic carbocycles. The number of pyridine rings is 1. The third kappa shape index (κ3) is 8.27. The Morgan fingerprint density at radius 3 is 2.38 bits per heavy atom. The summed E-state index contributed by atoms with van der Waals surface area (Å²) < 4.78 is 18.3. The van der Waals surface area contributed by atoms with Gasteiger partial charge in [0.2, 0.25) is 0 Å². The minimum Gasteiger partial charge on any atom is -0.443 e. The highest BCUT2D eigenvalue weighted by molar-refractivity contribution is 6.30. The first-order valence-electron chi connectivity index (χ1n) is 16.1. The van der Waals surface area contributed by atoms with Gasteiger partial charge in [-0.05, 0) is 83.0 Å². The topological polar surface area (TPSA) is 134 Å². The van der Waals surface area contributed by atoms with E-state index in [1.54, 1.807) is 57.7 Å². The summed E-state index contributed by atoms with van der Waals surface area (Å²) in [5, 5.41) is 8.15. The minimum atomic E-state index is -0.778. The summed E-state index contributed by atoms with van der Waals surface area (Å²) >= 11 is 6.11. The molecule has 4 heterocycles. The lowest BCUT2D eigenvalue weighted by molar-refractivity contribution is 0.0513. The van der Waals surface area contributed by atoms with E-state index < -0.39 is 23.4 Å². The summed E-state index contributed by atoms with van der Waals surface area (Å²) in [6.45, 7) is 11.9. The van der Waals surface area contributed by atoms with Crippen LogP contribution < -0.4 is 10.2 Å². The number of benzene rings is 2. The van der Waals surface area contributed by atoms with Gasteiger partial charge < -0.3 is 19.5 Å². The molecule has 1 N–H and O–H groups in total. The van der Waals surface area contributed by atoms with E-state index in [2.05, 4.69) is 15.4 Å². The molecule has 1 amide bonds. The van der Waals surface area contributed by atoms with Crippen LogP contribution in [0.25, 0.3) is 22.5 Å². The largest absolute Gasteiger partial charge is 0.443 e. The normalized spacial score (nSPS) is 12.7. The molecule has 0 atom stereocenters. The number of nitrogens with one attached hydrogen (secondary N) is 1. The maximum Gasteiger partial charge on any atom is 0.435 e. The van der Waals surface area contributed by atoms with Crippen molar-refractivity contribution in [2.45, 2.75) is 72.5 Å². The number of carbonyl (C=O) groups excluding carboxylic acids is 2. The van der Waals surface area contributed by atoms with Crippen molar-refractivity contribution < 1.29 is 23.8 Å². The molecule has 0 spiro atoms. The van der Waals surface area contributed by atoms with E-state index in [9.17, 15) is 9.59 Å². The van der Waals surface area contributed by atoms with Crippen molar-refractivity contribution in [3.8, 4) is 22.5 Å². The van der Waals surface area contributed by atoms with Gasteiger partial charge in [-0.25, -0.2) is 24.5 Å². The first kappa shape index (κ1) is 34.5. The van der Waals surface area contributed by atoms with E-state index in [-0.39, 0.29) is 13.2 Å². The molecule has 12 nitrogen and oxygen atoms in total. The van der Waals surface area contributed by atoms with Gasteiger partial charge in [0.05, 0.1) is 35.8 Å². The van der Waals surface area contributed by atoms with Gasteiger partial charge >= 0.3 is 12.2 Å². The maximum absolute atomic E-state index is 14.0. The lowest BCUT2D eigenvalue weighted by atomic mass is 10.1. The lowest BCUT2D eigenvalue weighted by Crippen LogP contribution is -2.35. The van der Waals surface area contributed by atoms with Crippen LogP contribution in [0.3, 0.4) is 0 Å². The monoisotopic (exact) mass is 695 g/mol. The number of carbonyl (C=O) groups is 2. The summed E-state index contributed by atoms with van der Waals surface area (Å²) in [5.74, 6) is 0.794. The second-order valence-electron chi connectivity index (χ2n) is 13.8. The first-order chi connectivity index (χ1) is 23.7. The lowest BCUT2D eigenvalue weighted by Gasteiger charge is -2.28. The van der Waals surface area contributed by atoms with E-state index in [0.717, 1.165) is 27.1 Å². The Bertz CT molecular complexity index is 2030. The van der Waals surface area contributed by atoms with Gasteiger partial charge in [0.25, 0.3) is 0 Å². The molecule has 3 aromatic heterocycles. The molecule has 1 aliphatic rings. The maximum atomic E-state index is 14.0. The molecule has 1 aliphatic heterocycles. The standard InChI is InChI=1S/C37H38ClN7O5/c1-36(2,3)49-34(46)44-20-26(18-41-44)24-10-12-29(13-11-24)45(35(47)50-37(4,5)6)33-30-21-48-22-31(30)42-32(43-33)25-8-7-9-28(15-25)40-17-23-14-27(38)19-39-16-23/h7-16,18-20,40H,17,21-22H2,1-6H3. The molecule has 0 saturated carbocycles. The molecule has 258 valence electrons. The molecule has 0 saturated heterocycles. The summed E-state index contributed by atoms with van der Waals surface area (Å²) in [4.78, 5) is 41.9. The summed E-state index contributed by atoms with van der Waals surface area (Å²) in [6, 6.07) is 16.9. The highest BCUT2D eigenvalue weighted by Crippen LogP contribution is 2.36. The van der Waals surface area contributed by atoms with Gasteiger partial charge in [-0.3, -0.25) is 4.98 Å². The number of halogens is 1. The van der Waals surface area contributed by atoms with Gasteiger partial charge in [0, 0.05) is 47.5 Å². The van der Waals surface area contributed by atoms with Crippen molar-refractivity contribution in [3.05, 3.63) is 101 Å². The molecule has 2 aromatic carbocycles. The van der Waals surface area contributed by atoms with Crippen LogP contribution in [0.5, 0.6) is 0 Å². The van der Waals surface area contributed by atoms with Crippen LogP contribution in [0.2, 0.25) is 5.02 Å². The molecule has 5 aromatic rings. The second kappa shape index (κ2) is 13.9. The van der Waals surface area contributed by atoms with Crippen molar-refractivity contribution >= 4 is 41.0 Å². The SMILES string of the molecule is CC(C)(C)OC(=O)N(c1ccc(-c2cnn(C(=O)OC(C)(C)C)c2)cc1)c1nc(-c2cccc(NCc3cncc(Cl)c3)c2)nc2c1COC2. The Hall–Kier alpha value is -5.33. The molecule has 50 heavy (non-hydrogen) atoms. The fraction of sp³-hybridized carbons (Fsp3) is 0.297. The zero-order valence-corrected chi connectivity index (χ0v) is 29.5. The van der Waals surface area contributed by atoms with Crippen molar-refractivity contribution in [1.29, 1.82) is 0 Å². The number of rotatable bonds is 7. The van der Waals surface area contributed by atoms with Crippen LogP contribution in [-0.2, 0) is 34.0 Å². The van der Waals surface area contributed by atoms with Crippen molar-refractivity contribution in [2.75, 3.05) is 10.2 Å². The van der Waals surface area contributed by atoms with Crippen LogP contribution in [-0.4, -0.2) is 48.1 Å². The van der Waals surface area contributed by atoms with Crippen LogP contribution in [0.4, 0.5) is 26.8 Å². The number of ether oxygens (including phenoxy) is 3. The van der Waals surface area contributed by atoms with Gasteiger partial charge in [-0.15, -0.1) is 0 Å². The number of nitrogens with zero attached hydrogens (tertiary/aromatic N) is 6. The number of hydrogen-bond acceptors (Lipinski definition) is 10. The molecule has 0 fully saturated rings. The highest BCUT2D eigenvalue weighted by Gasteiger charge is 2.32. The predicted molar refractivity (Wildman–Crippen MR) is 190 cm³/mol. The third-order valence-corrected chi connectivity index (χ3v) is 7.55. The van der Waals surface area contributed by atoms with Gasteiger partial charge in [-0.2, -0.15) is 9.78 Å². The third-order valence-electron chi connectivity index (χ3n) is 7.34. The Morgan fingerprint density at radius 2 is 1.66 bits per heavy atom. The van der Waals surface area contributed by atoms with E-state index in [1.807, 2.05) is 63.2 Å². The number of fused-ring (bicyclic) bond motifs is 1. The summed E-state index contributed by atoms with van der Waals surface area (Å²) in [5.41, 5.74) is 4.48. The van der Waals surface area contributed by atoms with E-state index in [1.165, 1.54) is 4.90 Å². The molecular weight excluding hydrogens is 658 g/mol. The van der Waals surface area contributed by atoms with E-state index >= 15 is 0 Å².